The van der Waals surface area contributed by atoms with Crippen molar-refractivity contribution in [3.63, 3.8) is 0 Å². The van der Waals surface area contributed by atoms with E-state index in [9.17, 15) is 4.79 Å². The molecule has 1 aromatic rings. The van der Waals surface area contributed by atoms with Crippen LogP contribution in [0.15, 0.2) is 14.3 Å². The maximum atomic E-state index is 12.0. The summed E-state index contributed by atoms with van der Waals surface area (Å²) in [5.74, 6) is 0.609. The average Bonchev–Trinajstić information content (AvgIpc) is 2.94. The van der Waals surface area contributed by atoms with E-state index in [1.54, 1.807) is 0 Å². The van der Waals surface area contributed by atoms with E-state index >= 15 is 0 Å². The molecular weight excluding hydrogens is 392 g/mol. The van der Waals surface area contributed by atoms with Crippen LogP contribution in [0.4, 0.5) is 0 Å². The second-order valence-corrected chi connectivity index (χ2v) is 8.41. The standard InChI is InChI=1S/C13H18Br2N2OS/c1-8(2)17-4-3-9(7-17)6-16-13(18)11-5-10(14)12(15)19-11/h5,8-9H,3-4,6-7H2,1-2H3,(H,16,18). The zero-order valence-corrected chi connectivity index (χ0v) is 15.1. The number of thiophene rings is 1. The maximum Gasteiger partial charge on any atom is 0.261 e. The Morgan fingerprint density at radius 3 is 2.84 bits per heavy atom. The minimum Gasteiger partial charge on any atom is -0.351 e. The van der Waals surface area contributed by atoms with Crippen LogP contribution in [0.3, 0.4) is 0 Å². The number of hydrogen-bond acceptors (Lipinski definition) is 3. The van der Waals surface area contributed by atoms with Crippen LogP contribution in [-0.2, 0) is 0 Å². The number of carbonyl (C=O) groups excluding carboxylic acids is 1. The molecule has 1 N–H and O–H groups in total. The molecule has 0 saturated carbocycles. The fourth-order valence-electron chi connectivity index (χ4n) is 2.28. The molecule has 6 heteroatoms. The number of halogens is 2. The Morgan fingerprint density at radius 1 is 1.58 bits per heavy atom. The van der Waals surface area contributed by atoms with Crippen LogP contribution in [0, 0.1) is 5.92 Å². The summed E-state index contributed by atoms with van der Waals surface area (Å²) in [5, 5.41) is 3.04. The molecule has 0 aliphatic carbocycles. The SMILES string of the molecule is CC(C)N1CCC(CNC(=O)c2cc(Br)c(Br)s2)C1. The number of nitrogens with zero attached hydrogens (tertiary/aromatic N) is 1. The minimum atomic E-state index is 0.0272. The third-order valence-electron chi connectivity index (χ3n) is 3.47. The molecule has 1 unspecified atom stereocenters. The highest BCUT2D eigenvalue weighted by atomic mass is 79.9. The summed E-state index contributed by atoms with van der Waals surface area (Å²) in [6.07, 6.45) is 1.18. The van der Waals surface area contributed by atoms with Gasteiger partial charge in [-0.3, -0.25) is 4.79 Å². The van der Waals surface area contributed by atoms with Crippen LogP contribution in [-0.4, -0.2) is 36.5 Å². The smallest absolute Gasteiger partial charge is 0.261 e. The molecule has 1 fully saturated rings. The fourth-order valence-corrected chi connectivity index (χ4v) is 4.23. The molecule has 2 rings (SSSR count). The Hall–Kier alpha value is 0.0900. The van der Waals surface area contributed by atoms with Gasteiger partial charge >= 0.3 is 0 Å². The van der Waals surface area contributed by atoms with Crippen molar-refractivity contribution in [1.82, 2.24) is 10.2 Å². The van der Waals surface area contributed by atoms with Gasteiger partial charge < -0.3 is 10.2 Å². The molecule has 0 aromatic carbocycles. The maximum absolute atomic E-state index is 12.0. The van der Waals surface area contributed by atoms with Gasteiger partial charge in [-0.2, -0.15) is 0 Å². The third-order valence-corrected chi connectivity index (χ3v) is 6.72. The zero-order chi connectivity index (χ0) is 14.0. The second-order valence-electron chi connectivity index (χ2n) is 5.19. The summed E-state index contributed by atoms with van der Waals surface area (Å²) in [6.45, 7) is 7.46. The van der Waals surface area contributed by atoms with Crippen LogP contribution >= 0.6 is 43.2 Å². The average molecular weight is 410 g/mol. The summed E-state index contributed by atoms with van der Waals surface area (Å²) in [4.78, 5) is 15.2. The molecule has 0 radical (unpaired) electrons. The highest BCUT2D eigenvalue weighted by Crippen LogP contribution is 2.32. The van der Waals surface area contributed by atoms with Crippen molar-refractivity contribution in [3.05, 3.63) is 19.2 Å². The Kier molecular flexibility index (Phi) is 5.45. The summed E-state index contributed by atoms with van der Waals surface area (Å²) in [5.41, 5.74) is 0. The molecular formula is C13H18Br2N2OS. The largest absolute Gasteiger partial charge is 0.351 e. The lowest BCUT2D eigenvalue weighted by molar-refractivity contribution is 0.0951. The first-order valence-corrected chi connectivity index (χ1v) is 8.84. The lowest BCUT2D eigenvalue weighted by Gasteiger charge is -2.20. The van der Waals surface area contributed by atoms with Crippen LogP contribution < -0.4 is 5.32 Å². The second kappa shape index (κ2) is 6.70. The predicted molar refractivity (Wildman–Crippen MR) is 86.9 cm³/mol. The van der Waals surface area contributed by atoms with Crippen molar-refractivity contribution in [1.29, 1.82) is 0 Å². The number of hydrogen-bond donors (Lipinski definition) is 1. The van der Waals surface area contributed by atoms with Crippen LogP contribution in [0.2, 0.25) is 0 Å². The molecule has 0 spiro atoms. The Bertz CT molecular complexity index is 442. The summed E-state index contributed by atoms with van der Waals surface area (Å²) in [7, 11) is 0. The van der Waals surface area contributed by atoms with Gasteiger partial charge in [-0.25, -0.2) is 0 Å². The van der Waals surface area contributed by atoms with Gasteiger partial charge in [-0.05, 0) is 70.7 Å². The van der Waals surface area contributed by atoms with E-state index in [0.717, 1.165) is 32.8 Å². The number of nitrogens with one attached hydrogen (secondary N) is 1. The molecule has 3 nitrogen and oxygen atoms in total. The van der Waals surface area contributed by atoms with Gasteiger partial charge in [-0.15, -0.1) is 11.3 Å². The molecule has 0 bridgehead atoms. The van der Waals surface area contributed by atoms with Gasteiger partial charge in [0, 0.05) is 23.6 Å². The van der Waals surface area contributed by atoms with Crippen molar-refractivity contribution in [3.8, 4) is 0 Å². The topological polar surface area (TPSA) is 32.3 Å². The molecule has 1 saturated heterocycles. The first-order valence-electron chi connectivity index (χ1n) is 6.44. The molecule has 1 amide bonds. The predicted octanol–water partition coefficient (Wildman–Crippen LogP) is 3.73. The van der Waals surface area contributed by atoms with E-state index in [0.29, 0.717) is 12.0 Å². The van der Waals surface area contributed by atoms with Crippen molar-refractivity contribution < 1.29 is 4.79 Å². The lowest BCUT2D eigenvalue weighted by Crippen LogP contribution is -2.32. The van der Waals surface area contributed by atoms with Crippen LogP contribution in [0.25, 0.3) is 0 Å². The van der Waals surface area contributed by atoms with Gasteiger partial charge in [-0.1, -0.05) is 0 Å². The van der Waals surface area contributed by atoms with E-state index in [-0.39, 0.29) is 5.91 Å². The number of amides is 1. The minimum absolute atomic E-state index is 0.0272. The highest BCUT2D eigenvalue weighted by molar-refractivity contribution is 9.13. The summed E-state index contributed by atoms with van der Waals surface area (Å²) in [6, 6.07) is 2.46. The molecule has 1 aromatic heterocycles. The quantitative estimate of drug-likeness (QED) is 0.821. The Balaban J connectivity index is 1.81. The van der Waals surface area contributed by atoms with Crippen molar-refractivity contribution in [2.24, 2.45) is 5.92 Å². The highest BCUT2D eigenvalue weighted by Gasteiger charge is 2.24. The van der Waals surface area contributed by atoms with Gasteiger partial charge in [0.1, 0.15) is 0 Å². The van der Waals surface area contributed by atoms with E-state index in [4.69, 9.17) is 0 Å². The van der Waals surface area contributed by atoms with E-state index < -0.39 is 0 Å². The van der Waals surface area contributed by atoms with Gasteiger partial charge in [0.2, 0.25) is 0 Å². The number of rotatable bonds is 4. The third kappa shape index (κ3) is 4.03. The number of likely N-dealkylation sites (tertiary alicyclic amines) is 1. The van der Waals surface area contributed by atoms with E-state index in [2.05, 4.69) is 55.9 Å². The molecule has 19 heavy (non-hydrogen) atoms. The van der Waals surface area contributed by atoms with Crippen molar-refractivity contribution in [2.75, 3.05) is 19.6 Å². The fraction of sp³-hybridized carbons (Fsp3) is 0.615. The first-order chi connectivity index (χ1) is 8.97. The van der Waals surface area contributed by atoms with Crippen LogP contribution in [0.5, 0.6) is 0 Å². The van der Waals surface area contributed by atoms with E-state index in [1.807, 2.05) is 6.07 Å². The molecule has 1 atom stereocenters. The normalized spacial score (nSPS) is 20.2. The Labute approximate surface area is 135 Å². The lowest BCUT2D eigenvalue weighted by atomic mass is 10.1. The van der Waals surface area contributed by atoms with Gasteiger partial charge in [0.25, 0.3) is 5.91 Å². The summed E-state index contributed by atoms with van der Waals surface area (Å²) >= 11 is 8.27. The molecule has 1 aliphatic rings. The molecule has 2 heterocycles. The van der Waals surface area contributed by atoms with Crippen molar-refractivity contribution in [2.45, 2.75) is 26.3 Å². The van der Waals surface area contributed by atoms with Gasteiger partial charge in [0.05, 0.1) is 8.66 Å². The molecule has 1 aliphatic heterocycles. The zero-order valence-electron chi connectivity index (χ0n) is 11.1. The Morgan fingerprint density at radius 2 is 2.32 bits per heavy atom. The molecule has 106 valence electrons. The van der Waals surface area contributed by atoms with Crippen LogP contribution in [0.1, 0.15) is 29.9 Å². The van der Waals surface area contributed by atoms with E-state index in [1.165, 1.54) is 17.8 Å². The van der Waals surface area contributed by atoms with Gasteiger partial charge in [0.15, 0.2) is 0 Å². The van der Waals surface area contributed by atoms with Crippen molar-refractivity contribution >= 4 is 49.1 Å². The first kappa shape index (κ1) is 15.5. The number of carbonyl (C=O) groups is 1. The summed E-state index contributed by atoms with van der Waals surface area (Å²) < 4.78 is 1.90. The monoisotopic (exact) mass is 408 g/mol.